The number of carbonyl (C=O) groups is 1. The zero-order valence-electron chi connectivity index (χ0n) is 9.73. The highest BCUT2D eigenvalue weighted by molar-refractivity contribution is 6.44. The molecule has 0 aromatic heterocycles. The smallest absolute Gasteiger partial charge is 0.335 e. The number of ether oxygens (including phenoxy) is 1. The highest BCUT2D eigenvalue weighted by Crippen LogP contribution is 2.32. The lowest BCUT2D eigenvalue weighted by molar-refractivity contribution is -0.138. The molecule has 6 heteroatoms. The van der Waals surface area contributed by atoms with Gasteiger partial charge in [0, 0.05) is 12.1 Å². The number of carbonyl (C=O) groups excluding carboxylic acids is 1. The predicted octanol–water partition coefficient (Wildman–Crippen LogP) is 4.18. The molecule has 0 saturated heterocycles. The van der Waals surface area contributed by atoms with Crippen LogP contribution in [0.4, 0.5) is 5.69 Å². The number of hydrogen-bond acceptors (Lipinski definition) is 3. The molecule has 18 heavy (non-hydrogen) atoms. The maximum atomic E-state index is 11.3. The molecule has 3 nitrogen and oxygen atoms in total. The quantitative estimate of drug-likeness (QED) is 0.504. The number of anilines is 1. The van der Waals surface area contributed by atoms with Gasteiger partial charge in [0.25, 0.3) is 0 Å². The number of benzene rings is 1. The second-order valence-corrected chi connectivity index (χ2v) is 4.65. The van der Waals surface area contributed by atoms with Crippen LogP contribution in [0, 0.1) is 0 Å². The molecule has 98 valence electrons. The Balaban J connectivity index is 2.67. The largest absolute Gasteiger partial charge is 0.463 e. The first-order valence-corrected chi connectivity index (χ1v) is 6.32. The van der Waals surface area contributed by atoms with E-state index in [9.17, 15) is 4.79 Å². The summed E-state index contributed by atoms with van der Waals surface area (Å²) in [5.74, 6) is -0.443. The molecule has 0 aliphatic rings. The third kappa shape index (κ3) is 4.09. The minimum absolute atomic E-state index is 0.219. The summed E-state index contributed by atoms with van der Waals surface area (Å²) in [7, 11) is 0. The summed E-state index contributed by atoms with van der Waals surface area (Å²) in [6.45, 7) is 5.88. The van der Waals surface area contributed by atoms with Gasteiger partial charge in [0.1, 0.15) is 0 Å². The predicted molar refractivity (Wildman–Crippen MR) is 75.7 cm³/mol. The number of halogens is 3. The van der Waals surface area contributed by atoms with Gasteiger partial charge in [-0.2, -0.15) is 0 Å². The zero-order chi connectivity index (χ0) is 13.7. The Kier molecular flexibility index (Phi) is 5.79. The Bertz CT molecular complexity index is 475. The fraction of sp³-hybridized carbons (Fsp3) is 0.250. The van der Waals surface area contributed by atoms with Crippen molar-refractivity contribution in [3.05, 3.63) is 39.4 Å². The summed E-state index contributed by atoms with van der Waals surface area (Å²) >= 11 is 17.6. The SMILES string of the molecule is C=C(CNc1cc(Cl)c(Cl)cc1Cl)C(=O)OCC. The van der Waals surface area contributed by atoms with Crippen molar-refractivity contribution in [2.45, 2.75) is 6.92 Å². The standard InChI is InChI=1S/C12H12Cl3NO2/c1-3-18-12(17)7(2)6-16-11-5-9(14)8(13)4-10(11)15/h4-5,16H,2-3,6H2,1H3. The molecule has 0 fully saturated rings. The van der Waals surface area contributed by atoms with Gasteiger partial charge in [-0.3, -0.25) is 0 Å². The Morgan fingerprint density at radius 1 is 1.28 bits per heavy atom. The van der Waals surface area contributed by atoms with Gasteiger partial charge in [0.15, 0.2) is 0 Å². The second kappa shape index (κ2) is 6.88. The normalized spacial score (nSPS) is 10.0. The lowest BCUT2D eigenvalue weighted by atomic mass is 10.2. The average molecular weight is 309 g/mol. The van der Waals surface area contributed by atoms with Crippen LogP contribution in [0.25, 0.3) is 0 Å². The van der Waals surface area contributed by atoms with Crippen molar-refractivity contribution in [2.75, 3.05) is 18.5 Å². The van der Waals surface area contributed by atoms with Gasteiger partial charge >= 0.3 is 5.97 Å². The third-order valence-electron chi connectivity index (χ3n) is 2.07. The third-order valence-corrected chi connectivity index (χ3v) is 3.10. The van der Waals surface area contributed by atoms with Crippen LogP contribution in [0.3, 0.4) is 0 Å². The lowest BCUT2D eigenvalue weighted by Crippen LogP contribution is -2.14. The summed E-state index contributed by atoms with van der Waals surface area (Å²) in [4.78, 5) is 11.3. The van der Waals surface area contributed by atoms with Crippen molar-refractivity contribution in [1.29, 1.82) is 0 Å². The Hall–Kier alpha value is -0.900. The molecular formula is C12H12Cl3NO2. The monoisotopic (exact) mass is 307 g/mol. The molecule has 1 aromatic rings. The maximum Gasteiger partial charge on any atom is 0.335 e. The van der Waals surface area contributed by atoms with E-state index in [-0.39, 0.29) is 6.54 Å². The van der Waals surface area contributed by atoms with Gasteiger partial charge in [0.05, 0.1) is 27.4 Å². The molecule has 0 spiro atoms. The Morgan fingerprint density at radius 2 is 1.89 bits per heavy atom. The van der Waals surface area contributed by atoms with Crippen molar-refractivity contribution in [2.24, 2.45) is 0 Å². The molecule has 0 aliphatic carbocycles. The molecule has 1 rings (SSSR count). The van der Waals surface area contributed by atoms with Crippen molar-refractivity contribution in [3.8, 4) is 0 Å². The molecule has 0 atom stereocenters. The highest BCUT2D eigenvalue weighted by Gasteiger charge is 2.10. The van der Waals surface area contributed by atoms with Crippen LogP contribution >= 0.6 is 34.8 Å². The molecular weight excluding hydrogens is 296 g/mol. The summed E-state index contributed by atoms with van der Waals surface area (Å²) in [5.41, 5.74) is 0.885. The molecule has 0 saturated carbocycles. The topological polar surface area (TPSA) is 38.3 Å². The fourth-order valence-electron chi connectivity index (χ4n) is 1.17. The van der Waals surface area contributed by atoms with E-state index < -0.39 is 5.97 Å². The number of hydrogen-bond donors (Lipinski definition) is 1. The van der Waals surface area contributed by atoms with Crippen LogP contribution in [0.15, 0.2) is 24.3 Å². The van der Waals surface area contributed by atoms with Crippen molar-refractivity contribution >= 4 is 46.5 Å². The summed E-state index contributed by atoms with van der Waals surface area (Å²) < 4.78 is 4.81. The van der Waals surface area contributed by atoms with Gasteiger partial charge in [-0.05, 0) is 19.1 Å². The molecule has 1 N–H and O–H groups in total. The van der Waals surface area contributed by atoms with Gasteiger partial charge in [-0.25, -0.2) is 4.79 Å². The van der Waals surface area contributed by atoms with Gasteiger partial charge < -0.3 is 10.1 Å². The van der Waals surface area contributed by atoms with E-state index in [1.807, 2.05) is 0 Å². The van der Waals surface area contributed by atoms with Crippen LogP contribution in [0.2, 0.25) is 15.1 Å². The lowest BCUT2D eigenvalue weighted by Gasteiger charge is -2.11. The highest BCUT2D eigenvalue weighted by atomic mass is 35.5. The zero-order valence-corrected chi connectivity index (χ0v) is 12.0. The minimum atomic E-state index is -0.443. The summed E-state index contributed by atoms with van der Waals surface area (Å²) in [5, 5.41) is 4.11. The molecule has 0 heterocycles. The van der Waals surface area contributed by atoms with Crippen molar-refractivity contribution in [3.63, 3.8) is 0 Å². The summed E-state index contributed by atoms with van der Waals surface area (Å²) in [6.07, 6.45) is 0. The first-order chi connectivity index (χ1) is 8.45. The van der Waals surface area contributed by atoms with Gasteiger partial charge in [-0.15, -0.1) is 0 Å². The minimum Gasteiger partial charge on any atom is -0.463 e. The average Bonchev–Trinajstić information content (AvgIpc) is 2.32. The van der Waals surface area contributed by atoms with E-state index in [2.05, 4.69) is 11.9 Å². The summed E-state index contributed by atoms with van der Waals surface area (Å²) in [6, 6.07) is 3.12. The maximum absolute atomic E-state index is 11.3. The first-order valence-electron chi connectivity index (χ1n) is 5.19. The van der Waals surface area contributed by atoms with Crippen LogP contribution in [0.5, 0.6) is 0 Å². The molecule has 1 aromatic carbocycles. The van der Waals surface area contributed by atoms with E-state index in [0.717, 1.165) is 0 Å². The Morgan fingerprint density at radius 3 is 2.50 bits per heavy atom. The molecule has 0 aliphatic heterocycles. The number of nitrogens with one attached hydrogen (secondary N) is 1. The fourth-order valence-corrected chi connectivity index (χ4v) is 1.78. The van der Waals surface area contributed by atoms with Crippen molar-refractivity contribution < 1.29 is 9.53 Å². The van der Waals surface area contributed by atoms with Crippen LogP contribution in [0.1, 0.15) is 6.92 Å². The number of rotatable bonds is 5. The van der Waals surface area contributed by atoms with E-state index >= 15 is 0 Å². The van der Waals surface area contributed by atoms with Gasteiger partial charge in [-0.1, -0.05) is 41.4 Å². The number of esters is 1. The molecule has 0 bridgehead atoms. The van der Waals surface area contributed by atoms with E-state index in [1.165, 1.54) is 6.07 Å². The molecule has 0 unspecified atom stereocenters. The van der Waals surface area contributed by atoms with E-state index in [0.29, 0.717) is 32.9 Å². The van der Waals surface area contributed by atoms with Crippen molar-refractivity contribution in [1.82, 2.24) is 0 Å². The van der Waals surface area contributed by atoms with E-state index in [4.69, 9.17) is 39.5 Å². The molecule has 0 amide bonds. The molecule has 0 radical (unpaired) electrons. The van der Waals surface area contributed by atoms with Crippen LogP contribution in [-0.2, 0) is 9.53 Å². The van der Waals surface area contributed by atoms with Crippen LogP contribution in [-0.4, -0.2) is 19.1 Å². The van der Waals surface area contributed by atoms with Crippen LogP contribution < -0.4 is 5.32 Å². The van der Waals surface area contributed by atoms with E-state index in [1.54, 1.807) is 13.0 Å². The Labute approximate surface area is 121 Å². The first kappa shape index (κ1) is 15.2. The second-order valence-electron chi connectivity index (χ2n) is 3.42. The van der Waals surface area contributed by atoms with Gasteiger partial charge in [0.2, 0.25) is 0 Å².